The van der Waals surface area contributed by atoms with Crippen LogP contribution in [0, 0.1) is 0 Å². The van der Waals surface area contributed by atoms with Crippen molar-refractivity contribution in [2.75, 3.05) is 67.0 Å². The van der Waals surface area contributed by atoms with Crippen molar-refractivity contribution in [2.24, 2.45) is 0 Å². The predicted molar refractivity (Wildman–Crippen MR) is 60.4 cm³/mol. The highest BCUT2D eigenvalue weighted by Crippen LogP contribution is 1.81. The molecule has 0 aliphatic heterocycles. The van der Waals surface area contributed by atoms with Gasteiger partial charge in [0.2, 0.25) is 0 Å². The first-order valence-corrected chi connectivity index (χ1v) is 5.28. The van der Waals surface area contributed by atoms with Gasteiger partial charge in [-0.25, -0.2) is 0 Å². The average Bonchev–Trinajstić information content (AvgIpc) is 2.26. The summed E-state index contributed by atoms with van der Waals surface area (Å²) in [5.74, 6) is 0. The molecule has 0 atom stereocenters. The number of likely N-dealkylation sites (N-methyl/N-ethyl adjacent to an activating group) is 1. The van der Waals surface area contributed by atoms with E-state index < -0.39 is 0 Å². The van der Waals surface area contributed by atoms with Gasteiger partial charge in [-0.05, 0) is 7.05 Å². The number of ether oxygens (including phenoxy) is 4. The van der Waals surface area contributed by atoms with Crippen LogP contribution in [-0.2, 0) is 18.9 Å². The second-order valence-corrected chi connectivity index (χ2v) is 2.93. The van der Waals surface area contributed by atoms with E-state index >= 15 is 0 Å². The first-order valence-electron chi connectivity index (χ1n) is 5.28. The Morgan fingerprint density at radius 1 is 0.800 bits per heavy atom. The summed E-state index contributed by atoms with van der Waals surface area (Å²) in [6.07, 6.45) is 0. The van der Waals surface area contributed by atoms with Crippen molar-refractivity contribution in [3.8, 4) is 0 Å². The fraction of sp³-hybridized carbons (Fsp3) is 1.00. The van der Waals surface area contributed by atoms with Crippen LogP contribution in [0.2, 0.25) is 0 Å². The van der Waals surface area contributed by atoms with Gasteiger partial charge in [0.05, 0.1) is 46.2 Å². The smallest absolute Gasteiger partial charge is 0.0701 e. The van der Waals surface area contributed by atoms with Crippen LogP contribution in [0.25, 0.3) is 0 Å². The van der Waals surface area contributed by atoms with Gasteiger partial charge in [0.25, 0.3) is 0 Å². The number of hydrogen-bond acceptors (Lipinski definition) is 5. The van der Waals surface area contributed by atoms with E-state index in [0.717, 1.165) is 13.2 Å². The second-order valence-electron chi connectivity index (χ2n) is 2.93. The molecule has 15 heavy (non-hydrogen) atoms. The van der Waals surface area contributed by atoms with Gasteiger partial charge >= 0.3 is 0 Å². The fourth-order valence-corrected chi connectivity index (χ4v) is 0.858. The van der Waals surface area contributed by atoms with E-state index in [2.05, 4.69) is 5.32 Å². The van der Waals surface area contributed by atoms with Crippen molar-refractivity contribution in [3.05, 3.63) is 0 Å². The molecule has 0 rings (SSSR count). The molecule has 0 aromatic heterocycles. The number of nitrogens with one attached hydrogen (secondary N) is 1. The first-order chi connectivity index (χ1) is 7.41. The summed E-state index contributed by atoms with van der Waals surface area (Å²) in [4.78, 5) is 0. The van der Waals surface area contributed by atoms with Crippen molar-refractivity contribution in [3.63, 3.8) is 0 Å². The monoisotopic (exact) mass is 223 g/mol. The van der Waals surface area contributed by atoms with Crippen LogP contribution >= 0.6 is 0 Å². The van der Waals surface area contributed by atoms with Gasteiger partial charge < -0.3 is 24.3 Å². The second kappa shape index (κ2) is 13.8. The lowest BCUT2D eigenvalue weighted by Crippen LogP contribution is -2.16. The Balaban J connectivity index is 0. The molecule has 0 aliphatic carbocycles. The highest BCUT2D eigenvalue weighted by Gasteiger charge is 1.90. The Labute approximate surface area is 93.5 Å². The molecule has 0 radical (unpaired) electrons. The molecular formula is C10H25NO4. The minimum absolute atomic E-state index is 0. The van der Waals surface area contributed by atoms with E-state index in [1.54, 1.807) is 7.11 Å². The van der Waals surface area contributed by atoms with Gasteiger partial charge in [-0.2, -0.15) is 0 Å². The Bertz CT molecular complexity index is 107. The summed E-state index contributed by atoms with van der Waals surface area (Å²) in [6.45, 7) is 5.34. The average molecular weight is 223 g/mol. The summed E-state index contributed by atoms with van der Waals surface area (Å²) in [7, 11) is 3.56. The summed E-state index contributed by atoms with van der Waals surface area (Å²) in [5.41, 5.74) is 0. The summed E-state index contributed by atoms with van der Waals surface area (Å²) in [6, 6.07) is 0. The maximum absolute atomic E-state index is 5.28. The highest BCUT2D eigenvalue weighted by atomic mass is 16.6. The molecule has 0 aliphatic rings. The Morgan fingerprint density at radius 2 is 1.27 bits per heavy atom. The molecule has 0 aromatic rings. The lowest BCUT2D eigenvalue weighted by Gasteiger charge is -2.06. The molecule has 0 saturated heterocycles. The molecule has 0 aromatic carbocycles. The van der Waals surface area contributed by atoms with Crippen molar-refractivity contribution in [1.82, 2.24) is 5.32 Å². The first kappa shape index (κ1) is 14.8. The van der Waals surface area contributed by atoms with Gasteiger partial charge in [-0.15, -0.1) is 0 Å². The number of rotatable bonds is 12. The zero-order chi connectivity index (χ0) is 11.2. The van der Waals surface area contributed by atoms with Crippen LogP contribution < -0.4 is 5.32 Å². The third-order valence-corrected chi connectivity index (χ3v) is 1.67. The van der Waals surface area contributed by atoms with Crippen LogP contribution in [0.1, 0.15) is 1.43 Å². The third kappa shape index (κ3) is 13.8. The van der Waals surface area contributed by atoms with Gasteiger partial charge in [-0.3, -0.25) is 0 Å². The zero-order valence-corrected chi connectivity index (χ0v) is 9.79. The molecule has 1 N–H and O–H groups in total. The number of hydrogen-bond donors (Lipinski definition) is 1. The number of methoxy groups -OCH3 is 1. The van der Waals surface area contributed by atoms with Crippen LogP contribution in [0.4, 0.5) is 0 Å². The lowest BCUT2D eigenvalue weighted by atomic mass is 10.6. The standard InChI is InChI=1S/C10H23NO4.H2/c1-11-3-4-13-7-8-15-10-9-14-6-5-12-2;/h11H,3-10H2,1-2H3;1H. The fourth-order valence-electron chi connectivity index (χ4n) is 0.858. The molecule has 5 nitrogen and oxygen atoms in total. The minimum Gasteiger partial charge on any atom is -0.382 e. The van der Waals surface area contributed by atoms with E-state index in [0.29, 0.717) is 39.6 Å². The molecule has 0 saturated carbocycles. The van der Waals surface area contributed by atoms with Crippen LogP contribution in [0.5, 0.6) is 0 Å². The molecular weight excluding hydrogens is 198 g/mol. The van der Waals surface area contributed by atoms with E-state index in [-0.39, 0.29) is 1.43 Å². The minimum atomic E-state index is 0. The Kier molecular flexibility index (Phi) is 13.6. The van der Waals surface area contributed by atoms with Crippen LogP contribution in [0.3, 0.4) is 0 Å². The highest BCUT2D eigenvalue weighted by molar-refractivity contribution is 4.37. The molecule has 5 heteroatoms. The van der Waals surface area contributed by atoms with Crippen molar-refractivity contribution >= 4 is 0 Å². The Hall–Kier alpha value is -0.200. The normalized spacial score (nSPS) is 10.8. The Morgan fingerprint density at radius 3 is 1.73 bits per heavy atom. The van der Waals surface area contributed by atoms with Gasteiger partial charge in [0.1, 0.15) is 0 Å². The van der Waals surface area contributed by atoms with Gasteiger partial charge in [0, 0.05) is 15.1 Å². The van der Waals surface area contributed by atoms with Gasteiger partial charge in [-0.1, -0.05) is 0 Å². The maximum atomic E-state index is 5.28. The molecule has 0 spiro atoms. The quantitative estimate of drug-likeness (QED) is 0.477. The van der Waals surface area contributed by atoms with Crippen molar-refractivity contribution in [1.29, 1.82) is 0 Å². The summed E-state index contributed by atoms with van der Waals surface area (Å²) >= 11 is 0. The topological polar surface area (TPSA) is 49.0 Å². The summed E-state index contributed by atoms with van der Waals surface area (Å²) < 4.78 is 20.6. The van der Waals surface area contributed by atoms with E-state index in [4.69, 9.17) is 18.9 Å². The van der Waals surface area contributed by atoms with Gasteiger partial charge in [0.15, 0.2) is 0 Å². The van der Waals surface area contributed by atoms with E-state index in [9.17, 15) is 0 Å². The largest absolute Gasteiger partial charge is 0.382 e. The molecule has 0 amide bonds. The van der Waals surface area contributed by atoms with Crippen molar-refractivity contribution in [2.45, 2.75) is 0 Å². The molecule has 0 unspecified atom stereocenters. The third-order valence-electron chi connectivity index (χ3n) is 1.67. The summed E-state index contributed by atoms with van der Waals surface area (Å²) in [5, 5.41) is 3.00. The SMILES string of the molecule is CNCCOCCOCCOCCOC.[HH]. The maximum Gasteiger partial charge on any atom is 0.0701 e. The predicted octanol–water partition coefficient (Wildman–Crippen LogP) is 0.148. The molecule has 0 heterocycles. The van der Waals surface area contributed by atoms with E-state index in [1.807, 2.05) is 7.05 Å². The molecule has 94 valence electrons. The molecule has 0 fully saturated rings. The van der Waals surface area contributed by atoms with Crippen molar-refractivity contribution < 1.29 is 20.4 Å². The van der Waals surface area contributed by atoms with E-state index in [1.165, 1.54) is 0 Å². The van der Waals surface area contributed by atoms with Crippen LogP contribution in [0.15, 0.2) is 0 Å². The molecule has 0 bridgehead atoms. The zero-order valence-electron chi connectivity index (χ0n) is 9.79. The lowest BCUT2D eigenvalue weighted by molar-refractivity contribution is 0.00423. The van der Waals surface area contributed by atoms with Crippen LogP contribution in [-0.4, -0.2) is 67.0 Å².